The molecule has 1 amide bonds. The lowest BCUT2D eigenvalue weighted by molar-refractivity contribution is -0.139. The molecular formula is C20H15BrFIN2O4S. The summed E-state index contributed by atoms with van der Waals surface area (Å²) in [5, 5.41) is 9.32. The summed E-state index contributed by atoms with van der Waals surface area (Å²) in [6, 6.07) is 9.30. The van der Waals surface area contributed by atoms with E-state index in [1.807, 2.05) is 29.5 Å². The molecule has 1 aliphatic heterocycles. The Bertz CT molecular complexity index is 1040. The second kappa shape index (κ2) is 9.92. The molecule has 3 rings (SSSR count). The predicted octanol–water partition coefficient (Wildman–Crippen LogP) is 5.28. The van der Waals surface area contributed by atoms with Gasteiger partial charge in [0.2, 0.25) is 0 Å². The quantitative estimate of drug-likeness (QED) is 0.359. The van der Waals surface area contributed by atoms with E-state index in [0.717, 1.165) is 5.56 Å². The molecule has 10 heteroatoms. The molecule has 0 atom stereocenters. The smallest absolute Gasteiger partial charge is 0.341 e. The summed E-state index contributed by atoms with van der Waals surface area (Å²) in [5.41, 5.74) is 1.31. The highest BCUT2D eigenvalue weighted by molar-refractivity contribution is 14.1. The van der Waals surface area contributed by atoms with Crippen LogP contribution in [0.25, 0.3) is 6.08 Å². The van der Waals surface area contributed by atoms with Crippen LogP contribution in [0.5, 0.6) is 5.75 Å². The molecular weight excluding hydrogens is 590 g/mol. The molecule has 156 valence electrons. The van der Waals surface area contributed by atoms with Crippen molar-refractivity contribution in [1.29, 1.82) is 0 Å². The maximum atomic E-state index is 13.1. The van der Waals surface area contributed by atoms with Crippen LogP contribution in [0.4, 0.5) is 10.1 Å². The number of aliphatic imine (C=N–C) groups is 1. The Kier molecular flexibility index (Phi) is 7.53. The zero-order valence-corrected chi connectivity index (χ0v) is 20.1. The van der Waals surface area contributed by atoms with Crippen LogP contribution in [0, 0.1) is 9.39 Å². The van der Waals surface area contributed by atoms with E-state index < -0.39 is 12.6 Å². The van der Waals surface area contributed by atoms with Crippen molar-refractivity contribution in [2.24, 2.45) is 4.99 Å². The van der Waals surface area contributed by atoms with E-state index in [9.17, 15) is 14.0 Å². The summed E-state index contributed by atoms with van der Waals surface area (Å²) in [5.74, 6) is -1.15. The zero-order chi connectivity index (χ0) is 21.8. The third-order valence-electron chi connectivity index (χ3n) is 3.91. The van der Waals surface area contributed by atoms with Crippen molar-refractivity contribution in [2.75, 3.05) is 13.2 Å². The average molecular weight is 605 g/mol. The van der Waals surface area contributed by atoms with E-state index in [1.165, 1.54) is 23.9 Å². The Morgan fingerprint density at radius 2 is 2.07 bits per heavy atom. The summed E-state index contributed by atoms with van der Waals surface area (Å²) in [4.78, 5) is 30.1. The van der Waals surface area contributed by atoms with Crippen molar-refractivity contribution in [2.45, 2.75) is 6.92 Å². The van der Waals surface area contributed by atoms with Gasteiger partial charge in [-0.25, -0.2) is 14.2 Å². The van der Waals surface area contributed by atoms with Gasteiger partial charge in [0.25, 0.3) is 5.91 Å². The number of benzene rings is 2. The van der Waals surface area contributed by atoms with Gasteiger partial charge in [0, 0.05) is 6.54 Å². The summed E-state index contributed by atoms with van der Waals surface area (Å²) in [6.45, 7) is 1.86. The maximum absolute atomic E-state index is 13.1. The molecule has 1 N–H and O–H groups in total. The Balaban J connectivity index is 1.89. The zero-order valence-electron chi connectivity index (χ0n) is 15.6. The number of carbonyl (C=O) groups excluding carboxylic acids is 1. The van der Waals surface area contributed by atoms with Crippen LogP contribution >= 0.6 is 50.3 Å². The van der Waals surface area contributed by atoms with Crippen LogP contribution in [0.2, 0.25) is 0 Å². The van der Waals surface area contributed by atoms with Crippen LogP contribution in [0.15, 0.2) is 50.8 Å². The number of nitrogens with zero attached hydrogens (tertiary/aromatic N) is 2. The van der Waals surface area contributed by atoms with E-state index in [2.05, 4.69) is 20.9 Å². The first kappa shape index (κ1) is 22.8. The SMILES string of the molecule is CCN1C(=O)/C(=C\c2cc(Br)c(OCC(=O)O)c(I)c2)SC1=Nc1ccc(F)cc1. The van der Waals surface area contributed by atoms with Gasteiger partial charge in [-0.3, -0.25) is 9.69 Å². The number of aliphatic carboxylic acids is 1. The molecule has 0 radical (unpaired) electrons. The number of amidine groups is 1. The topological polar surface area (TPSA) is 79.2 Å². The van der Waals surface area contributed by atoms with Gasteiger partial charge in [0.15, 0.2) is 11.8 Å². The van der Waals surface area contributed by atoms with Gasteiger partial charge in [-0.2, -0.15) is 0 Å². The molecule has 6 nitrogen and oxygen atoms in total. The van der Waals surface area contributed by atoms with Crippen molar-refractivity contribution in [1.82, 2.24) is 4.90 Å². The highest BCUT2D eigenvalue weighted by atomic mass is 127. The van der Waals surface area contributed by atoms with Crippen molar-refractivity contribution in [3.8, 4) is 5.75 Å². The molecule has 30 heavy (non-hydrogen) atoms. The summed E-state index contributed by atoms with van der Waals surface area (Å²) >= 11 is 6.68. The van der Waals surface area contributed by atoms with Gasteiger partial charge in [-0.15, -0.1) is 0 Å². The molecule has 1 aliphatic rings. The minimum atomic E-state index is -1.07. The van der Waals surface area contributed by atoms with E-state index in [4.69, 9.17) is 9.84 Å². The number of carbonyl (C=O) groups is 2. The predicted molar refractivity (Wildman–Crippen MR) is 126 cm³/mol. The fourth-order valence-electron chi connectivity index (χ4n) is 2.58. The molecule has 0 aromatic heterocycles. The van der Waals surface area contributed by atoms with Gasteiger partial charge >= 0.3 is 5.97 Å². The minimum absolute atomic E-state index is 0.166. The van der Waals surface area contributed by atoms with Crippen molar-refractivity contribution in [3.05, 3.63) is 60.7 Å². The number of amides is 1. The van der Waals surface area contributed by atoms with Gasteiger partial charge in [0.1, 0.15) is 11.6 Å². The fraction of sp³-hybridized carbons (Fsp3) is 0.150. The number of carboxylic acid groups (broad SMARTS) is 1. The number of likely N-dealkylation sites (N-methyl/N-ethyl adjacent to an activating group) is 1. The molecule has 1 fully saturated rings. The van der Waals surface area contributed by atoms with Gasteiger partial charge in [-0.05, 0) is 105 Å². The lowest BCUT2D eigenvalue weighted by atomic mass is 10.2. The molecule has 2 aromatic rings. The van der Waals surface area contributed by atoms with Crippen LogP contribution in [0.3, 0.4) is 0 Å². The van der Waals surface area contributed by atoms with Crippen molar-refractivity contribution >= 4 is 79.1 Å². The first-order chi connectivity index (χ1) is 14.3. The molecule has 1 heterocycles. The molecule has 0 spiro atoms. The summed E-state index contributed by atoms with van der Waals surface area (Å²) in [7, 11) is 0. The molecule has 0 aliphatic carbocycles. The van der Waals surface area contributed by atoms with Crippen molar-refractivity contribution in [3.63, 3.8) is 0 Å². The number of carboxylic acids is 1. The van der Waals surface area contributed by atoms with Gasteiger partial charge < -0.3 is 9.84 Å². The second-order valence-electron chi connectivity index (χ2n) is 6.03. The molecule has 0 unspecified atom stereocenters. The number of rotatable bonds is 6. The minimum Gasteiger partial charge on any atom is -0.480 e. The lowest BCUT2D eigenvalue weighted by Crippen LogP contribution is -2.28. The van der Waals surface area contributed by atoms with Gasteiger partial charge in [0.05, 0.1) is 18.6 Å². The molecule has 0 bridgehead atoms. The van der Waals surface area contributed by atoms with Crippen molar-refractivity contribution < 1.29 is 23.8 Å². The number of halogens is 3. The first-order valence-corrected chi connectivity index (χ1v) is 11.4. The van der Waals surface area contributed by atoms with E-state index in [1.54, 1.807) is 35.2 Å². The fourth-order valence-corrected chi connectivity index (χ4v) is 5.41. The van der Waals surface area contributed by atoms with Crippen LogP contribution < -0.4 is 4.74 Å². The highest BCUT2D eigenvalue weighted by Crippen LogP contribution is 2.37. The molecule has 0 saturated carbocycles. The highest BCUT2D eigenvalue weighted by Gasteiger charge is 2.32. The molecule has 1 saturated heterocycles. The normalized spacial score (nSPS) is 16.5. The number of hydrogen-bond donors (Lipinski definition) is 1. The second-order valence-corrected chi connectivity index (χ2v) is 9.05. The summed E-state index contributed by atoms with van der Waals surface area (Å²) < 4.78 is 19.7. The first-order valence-electron chi connectivity index (χ1n) is 8.67. The largest absolute Gasteiger partial charge is 0.480 e. The summed E-state index contributed by atoms with van der Waals surface area (Å²) in [6.07, 6.45) is 1.75. The Morgan fingerprint density at radius 1 is 1.37 bits per heavy atom. The molecule has 2 aromatic carbocycles. The van der Waals surface area contributed by atoms with Crippen LogP contribution in [0.1, 0.15) is 12.5 Å². The third-order valence-corrected chi connectivity index (χ3v) is 6.31. The lowest BCUT2D eigenvalue weighted by Gasteiger charge is -2.12. The monoisotopic (exact) mass is 604 g/mol. The van der Waals surface area contributed by atoms with Crippen LogP contribution in [-0.2, 0) is 9.59 Å². The van der Waals surface area contributed by atoms with E-state index in [-0.39, 0.29) is 11.7 Å². The Morgan fingerprint density at radius 3 is 2.67 bits per heavy atom. The Labute approximate surface area is 198 Å². The third kappa shape index (κ3) is 5.41. The number of hydrogen-bond acceptors (Lipinski definition) is 5. The van der Waals surface area contributed by atoms with Crippen LogP contribution in [-0.4, -0.2) is 40.2 Å². The number of thioether (sulfide) groups is 1. The maximum Gasteiger partial charge on any atom is 0.341 e. The number of ether oxygens (including phenoxy) is 1. The Hall–Kier alpha value is -1.92. The van der Waals surface area contributed by atoms with E-state index in [0.29, 0.717) is 36.1 Å². The van der Waals surface area contributed by atoms with Gasteiger partial charge in [-0.1, -0.05) is 0 Å². The van der Waals surface area contributed by atoms with E-state index >= 15 is 0 Å². The standard InChI is InChI=1S/C20H15BrFIN2O4S/c1-2-25-19(28)16(30-20(25)24-13-5-3-12(22)4-6-13)9-11-7-14(21)18(15(23)8-11)29-10-17(26)27/h3-9H,2,10H2,1H3,(H,26,27)/b16-9+,24-20?. The average Bonchev–Trinajstić information content (AvgIpc) is 2.97.